The van der Waals surface area contributed by atoms with E-state index in [1.54, 1.807) is 0 Å². The molecule has 2 atom stereocenters. The number of aliphatic carboxylic acids is 1. The predicted molar refractivity (Wildman–Crippen MR) is 70.7 cm³/mol. The van der Waals surface area contributed by atoms with Crippen LogP contribution in [-0.2, 0) is 9.22 Å². The molecule has 5 heteroatoms. The van der Waals surface area contributed by atoms with Crippen molar-refractivity contribution in [1.82, 2.24) is 5.32 Å². The van der Waals surface area contributed by atoms with Gasteiger partial charge in [-0.15, -0.1) is 0 Å². The molecule has 0 spiro atoms. The second-order valence-electron chi connectivity index (χ2n) is 6.40. The highest BCUT2D eigenvalue weighted by Gasteiger charge is 2.38. The van der Waals surface area contributed by atoms with Crippen molar-refractivity contribution >= 4 is 14.3 Å². The SMILES string of the molecule is CC(C)(C)[Si](C)(C)OC[C@H]1CC[C@@H](C(=O)O)N1. The van der Waals surface area contributed by atoms with E-state index in [9.17, 15) is 4.79 Å². The van der Waals surface area contributed by atoms with Crippen LogP contribution in [0.5, 0.6) is 0 Å². The minimum Gasteiger partial charge on any atom is -0.480 e. The first kappa shape index (κ1) is 14.7. The molecule has 0 aromatic rings. The van der Waals surface area contributed by atoms with Gasteiger partial charge in [0.05, 0.1) is 0 Å². The molecule has 1 saturated heterocycles. The van der Waals surface area contributed by atoms with E-state index >= 15 is 0 Å². The summed E-state index contributed by atoms with van der Waals surface area (Å²) in [6, 6.07) is -0.187. The second-order valence-corrected chi connectivity index (χ2v) is 11.2. The lowest BCUT2D eigenvalue weighted by Crippen LogP contribution is -2.45. The van der Waals surface area contributed by atoms with E-state index in [1.165, 1.54) is 0 Å². The molecule has 1 rings (SSSR count). The van der Waals surface area contributed by atoms with Gasteiger partial charge < -0.3 is 9.53 Å². The third-order valence-corrected chi connectivity index (χ3v) is 8.49. The van der Waals surface area contributed by atoms with Crippen molar-refractivity contribution in [3.63, 3.8) is 0 Å². The Hall–Kier alpha value is -0.393. The standard InChI is InChI=1S/C12H25NO3Si/c1-12(2,3)17(4,5)16-8-9-6-7-10(13-9)11(14)15/h9-10,13H,6-8H2,1-5H3,(H,14,15)/t9-,10+/m1/s1. The second kappa shape index (κ2) is 5.08. The van der Waals surface area contributed by atoms with Crippen LogP contribution in [-0.4, -0.2) is 38.1 Å². The summed E-state index contributed by atoms with van der Waals surface area (Å²) in [6.45, 7) is 11.7. The number of hydrogen-bond donors (Lipinski definition) is 2. The summed E-state index contributed by atoms with van der Waals surface area (Å²) in [6.07, 6.45) is 1.60. The number of carboxylic acids is 1. The van der Waals surface area contributed by atoms with Crippen molar-refractivity contribution in [2.75, 3.05) is 6.61 Å². The van der Waals surface area contributed by atoms with Gasteiger partial charge in [-0.1, -0.05) is 20.8 Å². The van der Waals surface area contributed by atoms with Crippen molar-refractivity contribution in [3.8, 4) is 0 Å². The van der Waals surface area contributed by atoms with Crippen LogP contribution in [0.3, 0.4) is 0 Å². The van der Waals surface area contributed by atoms with Crippen LogP contribution in [0.25, 0.3) is 0 Å². The molecule has 4 nitrogen and oxygen atoms in total. The Morgan fingerprint density at radius 2 is 2.00 bits per heavy atom. The summed E-state index contributed by atoms with van der Waals surface area (Å²) >= 11 is 0. The van der Waals surface area contributed by atoms with Gasteiger partial charge >= 0.3 is 5.97 Å². The molecule has 1 aliphatic rings. The quantitative estimate of drug-likeness (QED) is 0.760. The number of carboxylic acid groups (broad SMARTS) is 1. The largest absolute Gasteiger partial charge is 0.480 e. The van der Waals surface area contributed by atoms with E-state index in [2.05, 4.69) is 39.2 Å². The van der Waals surface area contributed by atoms with Gasteiger partial charge in [0.2, 0.25) is 0 Å². The molecule has 0 bridgehead atoms. The smallest absolute Gasteiger partial charge is 0.320 e. The minimum atomic E-state index is -1.71. The van der Waals surface area contributed by atoms with Crippen molar-refractivity contribution in [3.05, 3.63) is 0 Å². The highest BCUT2D eigenvalue weighted by atomic mass is 28.4. The van der Waals surface area contributed by atoms with Crippen LogP contribution < -0.4 is 5.32 Å². The summed E-state index contributed by atoms with van der Waals surface area (Å²) in [5, 5.41) is 12.2. The first-order chi connectivity index (χ1) is 7.63. The molecule has 17 heavy (non-hydrogen) atoms. The maximum absolute atomic E-state index is 10.8. The molecule has 0 amide bonds. The first-order valence-corrected chi connectivity index (χ1v) is 9.17. The Bertz CT molecular complexity index is 286. The van der Waals surface area contributed by atoms with Gasteiger partial charge in [-0.3, -0.25) is 10.1 Å². The Kier molecular flexibility index (Phi) is 4.38. The van der Waals surface area contributed by atoms with Gasteiger partial charge in [-0.2, -0.15) is 0 Å². The fourth-order valence-corrected chi connectivity index (χ4v) is 2.72. The van der Waals surface area contributed by atoms with E-state index in [0.717, 1.165) is 6.42 Å². The van der Waals surface area contributed by atoms with Gasteiger partial charge in [0.1, 0.15) is 6.04 Å². The van der Waals surface area contributed by atoms with E-state index in [1.807, 2.05) is 0 Å². The highest BCUT2D eigenvalue weighted by molar-refractivity contribution is 6.74. The molecule has 0 aromatic carbocycles. The van der Waals surface area contributed by atoms with Gasteiger partial charge in [0.25, 0.3) is 0 Å². The molecule has 0 unspecified atom stereocenters. The van der Waals surface area contributed by atoms with E-state index < -0.39 is 14.3 Å². The Labute approximate surface area is 105 Å². The molecule has 1 heterocycles. The fourth-order valence-electron chi connectivity index (χ4n) is 1.67. The predicted octanol–water partition coefficient (Wildman–Crippen LogP) is 2.21. The van der Waals surface area contributed by atoms with Gasteiger partial charge in [-0.25, -0.2) is 0 Å². The number of rotatable bonds is 4. The summed E-state index contributed by atoms with van der Waals surface area (Å²) < 4.78 is 6.09. The van der Waals surface area contributed by atoms with E-state index in [0.29, 0.717) is 13.0 Å². The van der Waals surface area contributed by atoms with Crippen molar-refractivity contribution in [2.24, 2.45) is 0 Å². The van der Waals surface area contributed by atoms with Crippen LogP contribution in [0.2, 0.25) is 18.1 Å². The molecule has 100 valence electrons. The average Bonchev–Trinajstić information content (AvgIpc) is 2.61. The summed E-state index contributed by atoms with van der Waals surface area (Å²) in [5.74, 6) is -0.750. The van der Waals surface area contributed by atoms with Crippen LogP contribution in [0, 0.1) is 0 Å². The lowest BCUT2D eigenvalue weighted by molar-refractivity contribution is -0.139. The highest BCUT2D eigenvalue weighted by Crippen LogP contribution is 2.36. The van der Waals surface area contributed by atoms with Gasteiger partial charge in [-0.05, 0) is 31.0 Å². The molecule has 1 fully saturated rings. The van der Waals surface area contributed by atoms with Crippen molar-refractivity contribution < 1.29 is 14.3 Å². The van der Waals surface area contributed by atoms with E-state index in [4.69, 9.17) is 9.53 Å². The Morgan fingerprint density at radius 1 is 1.41 bits per heavy atom. The molecule has 1 aliphatic heterocycles. The van der Waals surface area contributed by atoms with E-state index in [-0.39, 0.29) is 17.1 Å². The zero-order valence-corrected chi connectivity index (χ0v) is 12.5. The fraction of sp³-hybridized carbons (Fsp3) is 0.917. The van der Waals surface area contributed by atoms with Crippen LogP contribution in [0.4, 0.5) is 0 Å². The normalized spacial score (nSPS) is 26.2. The molecular weight excluding hydrogens is 234 g/mol. The van der Waals surface area contributed by atoms with Gasteiger partial charge in [0.15, 0.2) is 8.32 Å². The minimum absolute atomic E-state index is 0.199. The maximum atomic E-state index is 10.8. The third kappa shape index (κ3) is 3.79. The third-order valence-electron chi connectivity index (χ3n) is 3.99. The monoisotopic (exact) mass is 259 g/mol. The number of hydrogen-bond acceptors (Lipinski definition) is 3. The number of nitrogens with one attached hydrogen (secondary N) is 1. The Balaban J connectivity index is 2.41. The van der Waals surface area contributed by atoms with Crippen molar-refractivity contribution in [2.45, 2.75) is 63.8 Å². The molecule has 2 N–H and O–H groups in total. The Morgan fingerprint density at radius 3 is 2.41 bits per heavy atom. The maximum Gasteiger partial charge on any atom is 0.320 e. The average molecular weight is 259 g/mol. The topological polar surface area (TPSA) is 58.6 Å². The summed E-state index contributed by atoms with van der Waals surface area (Å²) in [7, 11) is -1.71. The van der Waals surface area contributed by atoms with Crippen molar-refractivity contribution in [1.29, 1.82) is 0 Å². The van der Waals surface area contributed by atoms with Crippen LogP contribution >= 0.6 is 0 Å². The van der Waals surface area contributed by atoms with Crippen LogP contribution in [0.1, 0.15) is 33.6 Å². The first-order valence-electron chi connectivity index (χ1n) is 6.26. The summed E-state index contributed by atoms with van der Waals surface area (Å²) in [5.41, 5.74) is 0. The molecule has 0 saturated carbocycles. The molecule has 0 aromatic heterocycles. The zero-order valence-electron chi connectivity index (χ0n) is 11.5. The molecular formula is C12H25NO3Si. The lowest BCUT2D eigenvalue weighted by Gasteiger charge is -2.37. The summed E-state index contributed by atoms with van der Waals surface area (Å²) in [4.78, 5) is 10.8. The molecule has 0 aliphatic carbocycles. The molecule has 0 radical (unpaired) electrons. The number of carbonyl (C=O) groups is 1. The lowest BCUT2D eigenvalue weighted by atomic mass is 10.2. The van der Waals surface area contributed by atoms with Crippen LogP contribution in [0.15, 0.2) is 0 Å². The van der Waals surface area contributed by atoms with Gasteiger partial charge in [0, 0.05) is 12.6 Å². The zero-order chi connectivity index (χ0) is 13.3.